The van der Waals surface area contributed by atoms with Gasteiger partial charge < -0.3 is 10.1 Å². The maximum Gasteiger partial charge on any atom is 0.359 e. The Morgan fingerprint density at radius 3 is 2.19 bits per heavy atom. The van der Waals surface area contributed by atoms with Crippen LogP contribution in [0.3, 0.4) is 0 Å². The van der Waals surface area contributed by atoms with Gasteiger partial charge in [0.15, 0.2) is 22.6 Å². The monoisotopic (exact) mass is 470 g/mol. The van der Waals surface area contributed by atoms with Gasteiger partial charge in [0.1, 0.15) is 6.54 Å². The number of amides is 2. The van der Waals surface area contributed by atoms with Crippen molar-refractivity contribution >= 4 is 61.5 Å². The summed E-state index contributed by atoms with van der Waals surface area (Å²) in [4.78, 5) is 57.6. The number of ether oxygens (including phenoxy) is 1. The number of esters is 1. The van der Waals surface area contributed by atoms with Crippen LogP contribution in [-0.4, -0.2) is 44.1 Å². The Morgan fingerprint density at radius 1 is 0.938 bits per heavy atom. The van der Waals surface area contributed by atoms with Crippen molar-refractivity contribution in [1.82, 2.24) is 19.7 Å². The highest BCUT2D eigenvalue weighted by atomic mass is 32.1. The van der Waals surface area contributed by atoms with Crippen molar-refractivity contribution in [3.05, 3.63) is 63.5 Å². The van der Waals surface area contributed by atoms with Crippen LogP contribution >= 0.6 is 22.7 Å². The zero-order chi connectivity index (χ0) is 22.5. The van der Waals surface area contributed by atoms with Gasteiger partial charge >= 0.3 is 5.97 Å². The van der Waals surface area contributed by atoms with Gasteiger partial charge in [-0.3, -0.25) is 19.7 Å². The normalized spacial score (nSPS) is 10.6. The molecule has 0 bridgehead atoms. The molecule has 0 radical (unpaired) electrons. The molecule has 1 aromatic carbocycles. The Kier molecular flexibility index (Phi) is 6.28. The van der Waals surface area contributed by atoms with E-state index in [2.05, 4.69) is 25.7 Å². The van der Waals surface area contributed by atoms with E-state index >= 15 is 0 Å². The van der Waals surface area contributed by atoms with E-state index in [-0.39, 0.29) is 16.5 Å². The Hall–Kier alpha value is -3.97. The van der Waals surface area contributed by atoms with Crippen LogP contribution in [0.5, 0.6) is 0 Å². The second-order valence-electron chi connectivity index (χ2n) is 6.20. The lowest BCUT2D eigenvalue weighted by Crippen LogP contribution is -2.32. The van der Waals surface area contributed by atoms with Crippen LogP contribution in [0.1, 0.15) is 10.5 Å². The molecule has 0 saturated heterocycles. The van der Waals surface area contributed by atoms with Crippen LogP contribution in [0, 0.1) is 0 Å². The number of carbonyl (C=O) groups is 3. The smallest absolute Gasteiger partial charge is 0.359 e. The molecule has 13 heteroatoms. The lowest BCUT2D eigenvalue weighted by molar-refractivity contribution is -0.119. The largest absolute Gasteiger partial charge is 0.451 e. The number of nitrogens with zero attached hydrogens (tertiary/aromatic N) is 4. The van der Waals surface area contributed by atoms with E-state index in [1.807, 2.05) is 0 Å². The summed E-state index contributed by atoms with van der Waals surface area (Å²) in [5.74, 6) is -2.02. The van der Waals surface area contributed by atoms with Gasteiger partial charge in [-0.05, 0) is 6.07 Å². The fraction of sp³-hybridized carbons (Fsp3) is 0.105. The maximum absolute atomic E-state index is 12.8. The molecule has 0 spiro atoms. The fourth-order valence-corrected chi connectivity index (χ4v) is 3.80. The van der Waals surface area contributed by atoms with E-state index in [0.717, 1.165) is 4.68 Å². The average Bonchev–Trinajstić information content (AvgIpc) is 3.48. The maximum atomic E-state index is 12.8. The number of benzene rings is 1. The standard InChI is InChI=1S/C19H14N6O5S2/c26-13(22-18-20-5-7-31-18)9-25-16(28)12-4-2-1-3-11(12)15(24-25)17(29)30-10-14(27)23-19-21-6-8-32-19/h1-8H,9-10H2,(H,20,22,26)(H,21,23,27). The number of hydrogen-bond acceptors (Lipinski definition) is 10. The first kappa shape index (κ1) is 21.3. The Morgan fingerprint density at radius 2 is 1.56 bits per heavy atom. The molecule has 0 aliphatic rings. The van der Waals surface area contributed by atoms with Gasteiger partial charge in [-0.1, -0.05) is 18.2 Å². The molecule has 0 saturated carbocycles. The van der Waals surface area contributed by atoms with E-state index in [1.165, 1.54) is 47.2 Å². The Balaban J connectivity index is 1.55. The van der Waals surface area contributed by atoms with E-state index in [1.54, 1.807) is 22.9 Å². The van der Waals surface area contributed by atoms with Gasteiger partial charge in [0.25, 0.3) is 11.5 Å². The minimum absolute atomic E-state index is 0.184. The lowest BCUT2D eigenvalue weighted by Gasteiger charge is -2.10. The summed E-state index contributed by atoms with van der Waals surface area (Å²) in [7, 11) is 0. The van der Waals surface area contributed by atoms with E-state index in [9.17, 15) is 19.2 Å². The molecular formula is C19H14N6O5S2. The van der Waals surface area contributed by atoms with Crippen LogP contribution in [0.15, 0.2) is 52.2 Å². The third kappa shape index (κ3) is 4.84. The zero-order valence-corrected chi connectivity index (χ0v) is 17.8. The van der Waals surface area contributed by atoms with Crippen molar-refractivity contribution in [2.75, 3.05) is 17.2 Å². The SMILES string of the molecule is O=C(COC(=O)c1nn(CC(=O)Nc2nccs2)c(=O)c2ccccc12)Nc1nccs1. The van der Waals surface area contributed by atoms with E-state index in [4.69, 9.17) is 4.74 Å². The Bertz CT molecular complexity index is 1330. The third-order valence-corrected chi connectivity index (χ3v) is 5.42. The number of hydrogen-bond donors (Lipinski definition) is 2. The second-order valence-corrected chi connectivity index (χ2v) is 7.99. The van der Waals surface area contributed by atoms with Crippen LogP contribution in [0.25, 0.3) is 10.8 Å². The highest BCUT2D eigenvalue weighted by Crippen LogP contribution is 2.15. The molecule has 162 valence electrons. The van der Waals surface area contributed by atoms with Gasteiger partial charge in [-0.25, -0.2) is 19.4 Å². The summed E-state index contributed by atoms with van der Waals surface area (Å²) in [5, 5.41) is 13.6. The fourth-order valence-electron chi connectivity index (χ4n) is 2.71. The van der Waals surface area contributed by atoms with Crippen molar-refractivity contribution in [2.24, 2.45) is 0 Å². The van der Waals surface area contributed by atoms with E-state index in [0.29, 0.717) is 10.3 Å². The second kappa shape index (κ2) is 9.45. The minimum Gasteiger partial charge on any atom is -0.451 e. The first-order chi connectivity index (χ1) is 15.5. The third-order valence-electron chi connectivity index (χ3n) is 4.05. The first-order valence-corrected chi connectivity index (χ1v) is 10.8. The lowest BCUT2D eigenvalue weighted by atomic mass is 10.1. The molecule has 32 heavy (non-hydrogen) atoms. The van der Waals surface area contributed by atoms with Crippen LogP contribution in [-0.2, 0) is 20.9 Å². The molecule has 3 aromatic heterocycles. The molecular weight excluding hydrogens is 456 g/mol. The first-order valence-electron chi connectivity index (χ1n) is 9.07. The van der Waals surface area contributed by atoms with Gasteiger partial charge in [-0.15, -0.1) is 22.7 Å². The van der Waals surface area contributed by atoms with Gasteiger partial charge in [0.2, 0.25) is 5.91 Å². The molecule has 0 aliphatic heterocycles. The molecule has 4 aromatic rings. The number of anilines is 2. The quantitative estimate of drug-likeness (QED) is 0.389. The topological polar surface area (TPSA) is 145 Å². The molecule has 0 atom stereocenters. The highest BCUT2D eigenvalue weighted by molar-refractivity contribution is 7.14. The number of rotatable bonds is 7. The van der Waals surface area contributed by atoms with E-state index < -0.39 is 36.5 Å². The average molecular weight is 470 g/mol. The van der Waals surface area contributed by atoms with Crippen LogP contribution in [0.2, 0.25) is 0 Å². The summed E-state index contributed by atoms with van der Waals surface area (Å²) in [6.45, 7) is -1.01. The number of carbonyl (C=O) groups excluding carboxylic acids is 3. The summed E-state index contributed by atoms with van der Waals surface area (Å²) in [6, 6.07) is 6.31. The molecule has 4 rings (SSSR count). The minimum atomic E-state index is -0.912. The summed E-state index contributed by atoms with van der Waals surface area (Å²) in [6.07, 6.45) is 3.05. The number of aromatic nitrogens is 4. The number of nitrogens with one attached hydrogen (secondary N) is 2. The zero-order valence-electron chi connectivity index (χ0n) is 16.2. The van der Waals surface area contributed by atoms with Crippen molar-refractivity contribution in [2.45, 2.75) is 6.54 Å². The van der Waals surface area contributed by atoms with Crippen molar-refractivity contribution < 1.29 is 19.1 Å². The summed E-state index contributed by atoms with van der Waals surface area (Å²) in [5.41, 5.74) is -0.739. The van der Waals surface area contributed by atoms with Gasteiger partial charge in [-0.2, -0.15) is 5.10 Å². The molecule has 2 amide bonds. The summed E-state index contributed by atoms with van der Waals surface area (Å²) < 4.78 is 5.94. The van der Waals surface area contributed by atoms with Crippen molar-refractivity contribution in [1.29, 1.82) is 0 Å². The van der Waals surface area contributed by atoms with Gasteiger partial charge in [0, 0.05) is 28.5 Å². The van der Waals surface area contributed by atoms with Crippen LogP contribution < -0.4 is 16.2 Å². The number of thiazole rings is 2. The molecule has 0 unspecified atom stereocenters. The van der Waals surface area contributed by atoms with Gasteiger partial charge in [0.05, 0.1) is 5.39 Å². The molecule has 0 aliphatic carbocycles. The Labute approximate surface area is 187 Å². The molecule has 3 heterocycles. The summed E-state index contributed by atoms with van der Waals surface area (Å²) >= 11 is 2.44. The predicted molar refractivity (Wildman–Crippen MR) is 118 cm³/mol. The number of fused-ring (bicyclic) bond motifs is 1. The predicted octanol–water partition coefficient (Wildman–Crippen LogP) is 1.74. The van der Waals surface area contributed by atoms with Crippen LogP contribution in [0.4, 0.5) is 10.3 Å². The van der Waals surface area contributed by atoms with Crippen molar-refractivity contribution in [3.8, 4) is 0 Å². The molecule has 11 nitrogen and oxygen atoms in total. The molecule has 2 N–H and O–H groups in total. The highest BCUT2D eigenvalue weighted by Gasteiger charge is 2.20. The molecule has 0 fully saturated rings. The van der Waals surface area contributed by atoms with Crippen molar-refractivity contribution in [3.63, 3.8) is 0 Å².